The highest BCUT2D eigenvalue weighted by molar-refractivity contribution is 7.12. The molecule has 0 aliphatic heterocycles. The van der Waals surface area contributed by atoms with Crippen LogP contribution >= 0.6 is 11.3 Å². The van der Waals surface area contributed by atoms with Crippen LogP contribution in [0.15, 0.2) is 41.9 Å². The van der Waals surface area contributed by atoms with Crippen LogP contribution in [0.25, 0.3) is 10.9 Å². The average molecular weight is 256 g/mol. The summed E-state index contributed by atoms with van der Waals surface area (Å²) in [6, 6.07) is 9.86. The maximum absolute atomic E-state index is 12.1. The minimum Gasteiger partial charge on any atom is -0.359 e. The molecule has 0 spiro atoms. The van der Waals surface area contributed by atoms with Crippen molar-refractivity contribution >= 4 is 33.8 Å². The van der Waals surface area contributed by atoms with Crippen LogP contribution in [-0.2, 0) is 0 Å². The number of para-hydroxylation sites is 1. The van der Waals surface area contributed by atoms with Crippen LogP contribution in [0.1, 0.15) is 15.2 Å². The molecule has 3 nitrogen and oxygen atoms in total. The van der Waals surface area contributed by atoms with Gasteiger partial charge in [0.1, 0.15) is 0 Å². The van der Waals surface area contributed by atoms with Crippen molar-refractivity contribution in [2.75, 3.05) is 5.32 Å². The Labute approximate surface area is 108 Å². The van der Waals surface area contributed by atoms with Gasteiger partial charge in [-0.2, -0.15) is 0 Å². The maximum Gasteiger partial charge on any atom is 0.266 e. The molecule has 1 aromatic carbocycles. The quantitative estimate of drug-likeness (QED) is 0.720. The van der Waals surface area contributed by atoms with Crippen LogP contribution in [0.2, 0.25) is 0 Å². The first-order chi connectivity index (χ1) is 8.75. The number of carbonyl (C=O) groups excluding carboxylic acids is 1. The fourth-order valence-corrected chi connectivity index (χ4v) is 2.78. The Bertz CT molecular complexity index is 711. The molecule has 0 atom stereocenters. The number of benzene rings is 1. The molecule has 1 amide bonds. The Morgan fingerprint density at radius 3 is 2.89 bits per heavy atom. The summed E-state index contributed by atoms with van der Waals surface area (Å²) in [6.07, 6.45) is 1.82. The number of amides is 1. The van der Waals surface area contributed by atoms with E-state index in [9.17, 15) is 4.79 Å². The third kappa shape index (κ3) is 1.80. The van der Waals surface area contributed by atoms with Crippen LogP contribution in [-0.4, -0.2) is 10.9 Å². The molecule has 0 saturated carbocycles. The fraction of sp³-hybridized carbons (Fsp3) is 0.0714. The van der Waals surface area contributed by atoms with Gasteiger partial charge in [0.05, 0.1) is 10.6 Å². The van der Waals surface area contributed by atoms with Gasteiger partial charge in [0.25, 0.3) is 5.91 Å². The van der Waals surface area contributed by atoms with Crippen molar-refractivity contribution in [3.05, 3.63) is 52.3 Å². The van der Waals surface area contributed by atoms with Crippen LogP contribution < -0.4 is 5.32 Å². The number of anilines is 1. The molecule has 90 valence electrons. The fourth-order valence-electron chi connectivity index (χ4n) is 1.96. The molecule has 2 aromatic heterocycles. The number of aryl methyl sites for hydroxylation is 1. The average Bonchev–Trinajstić information content (AvgIpc) is 2.97. The summed E-state index contributed by atoms with van der Waals surface area (Å²) < 4.78 is 0. The molecule has 18 heavy (non-hydrogen) atoms. The van der Waals surface area contributed by atoms with Crippen molar-refractivity contribution in [1.82, 2.24) is 4.98 Å². The second-order valence-corrected chi connectivity index (χ2v) is 5.05. The van der Waals surface area contributed by atoms with Gasteiger partial charge in [-0.1, -0.05) is 18.2 Å². The van der Waals surface area contributed by atoms with Gasteiger partial charge >= 0.3 is 0 Å². The molecule has 0 aliphatic rings. The molecule has 4 heteroatoms. The zero-order chi connectivity index (χ0) is 12.5. The molecule has 0 unspecified atom stereocenters. The van der Waals surface area contributed by atoms with Crippen molar-refractivity contribution in [2.45, 2.75) is 6.92 Å². The summed E-state index contributed by atoms with van der Waals surface area (Å²) >= 11 is 1.46. The Morgan fingerprint density at radius 1 is 1.28 bits per heavy atom. The third-order valence-electron chi connectivity index (χ3n) is 2.91. The van der Waals surface area contributed by atoms with Crippen LogP contribution in [0.5, 0.6) is 0 Å². The van der Waals surface area contributed by atoms with E-state index in [2.05, 4.69) is 10.3 Å². The van der Waals surface area contributed by atoms with Gasteiger partial charge in [0.2, 0.25) is 0 Å². The summed E-state index contributed by atoms with van der Waals surface area (Å²) in [5.74, 6) is -0.0488. The molecule has 2 heterocycles. The predicted octanol–water partition coefficient (Wildman–Crippen LogP) is 3.79. The number of aromatic nitrogens is 1. The Hall–Kier alpha value is -2.07. The van der Waals surface area contributed by atoms with Crippen LogP contribution in [0, 0.1) is 6.92 Å². The highest BCUT2D eigenvalue weighted by atomic mass is 32.1. The van der Waals surface area contributed by atoms with Crippen molar-refractivity contribution in [3.8, 4) is 0 Å². The van der Waals surface area contributed by atoms with Crippen LogP contribution in [0.3, 0.4) is 0 Å². The molecule has 3 rings (SSSR count). The second kappa shape index (κ2) is 4.31. The van der Waals surface area contributed by atoms with E-state index in [-0.39, 0.29) is 5.91 Å². The zero-order valence-electron chi connectivity index (χ0n) is 9.86. The number of hydrogen-bond donors (Lipinski definition) is 2. The van der Waals surface area contributed by atoms with E-state index in [1.165, 1.54) is 11.3 Å². The highest BCUT2D eigenvalue weighted by Crippen LogP contribution is 2.24. The molecular formula is C14H12N2OS. The lowest BCUT2D eigenvalue weighted by atomic mass is 10.2. The molecule has 0 radical (unpaired) electrons. The normalized spacial score (nSPS) is 10.7. The lowest BCUT2D eigenvalue weighted by molar-refractivity contribution is 0.103. The first kappa shape index (κ1) is 11.0. The van der Waals surface area contributed by atoms with Gasteiger partial charge in [-0.05, 0) is 30.0 Å². The first-order valence-electron chi connectivity index (χ1n) is 5.67. The number of carbonyl (C=O) groups is 1. The van der Waals surface area contributed by atoms with E-state index in [1.54, 1.807) is 0 Å². The predicted molar refractivity (Wildman–Crippen MR) is 75.3 cm³/mol. The van der Waals surface area contributed by atoms with E-state index >= 15 is 0 Å². The lowest BCUT2D eigenvalue weighted by Gasteiger charge is -2.02. The van der Waals surface area contributed by atoms with E-state index < -0.39 is 0 Å². The topological polar surface area (TPSA) is 44.9 Å². The maximum atomic E-state index is 12.1. The van der Waals surface area contributed by atoms with Crippen molar-refractivity contribution < 1.29 is 4.79 Å². The van der Waals surface area contributed by atoms with E-state index in [0.29, 0.717) is 0 Å². The summed E-state index contributed by atoms with van der Waals surface area (Å²) in [6.45, 7) is 1.95. The summed E-state index contributed by atoms with van der Waals surface area (Å²) in [5.41, 5.74) is 2.86. The minimum absolute atomic E-state index is 0.0488. The molecule has 0 fully saturated rings. The Morgan fingerprint density at radius 2 is 2.11 bits per heavy atom. The van der Waals surface area contributed by atoms with Crippen LogP contribution in [0.4, 0.5) is 5.69 Å². The number of rotatable bonds is 2. The van der Waals surface area contributed by atoms with Gasteiger partial charge in [-0.3, -0.25) is 4.79 Å². The van der Waals surface area contributed by atoms with E-state index in [4.69, 9.17) is 0 Å². The third-order valence-corrected chi connectivity index (χ3v) is 3.92. The minimum atomic E-state index is -0.0488. The monoisotopic (exact) mass is 256 g/mol. The standard InChI is InChI=1S/C14H12N2OS/c1-9-6-7-18-13(9)14(17)16-12-8-15-11-5-3-2-4-10(11)12/h2-8,15H,1H3,(H,16,17). The molecule has 2 N–H and O–H groups in total. The van der Waals surface area contributed by atoms with Gasteiger partial charge < -0.3 is 10.3 Å². The van der Waals surface area contributed by atoms with Gasteiger partial charge in [0.15, 0.2) is 0 Å². The Balaban J connectivity index is 1.93. The van der Waals surface area contributed by atoms with E-state index in [0.717, 1.165) is 27.0 Å². The number of thiophene rings is 1. The van der Waals surface area contributed by atoms with E-state index in [1.807, 2.05) is 48.8 Å². The number of nitrogens with one attached hydrogen (secondary N) is 2. The zero-order valence-corrected chi connectivity index (χ0v) is 10.7. The van der Waals surface area contributed by atoms with Gasteiger partial charge in [-0.15, -0.1) is 11.3 Å². The summed E-state index contributed by atoms with van der Waals surface area (Å²) in [4.78, 5) is 16.0. The molecule has 0 bridgehead atoms. The molecular weight excluding hydrogens is 244 g/mol. The number of aromatic amines is 1. The number of hydrogen-bond acceptors (Lipinski definition) is 2. The first-order valence-corrected chi connectivity index (χ1v) is 6.55. The lowest BCUT2D eigenvalue weighted by Crippen LogP contribution is -2.10. The van der Waals surface area contributed by atoms with Gasteiger partial charge in [-0.25, -0.2) is 0 Å². The molecule has 3 aromatic rings. The van der Waals surface area contributed by atoms with Crippen molar-refractivity contribution in [1.29, 1.82) is 0 Å². The van der Waals surface area contributed by atoms with Gasteiger partial charge in [0, 0.05) is 17.1 Å². The summed E-state index contributed by atoms with van der Waals surface area (Å²) in [7, 11) is 0. The van der Waals surface area contributed by atoms with Crippen molar-refractivity contribution in [3.63, 3.8) is 0 Å². The SMILES string of the molecule is Cc1ccsc1C(=O)Nc1c[nH]c2ccccc12. The summed E-state index contributed by atoms with van der Waals surface area (Å²) in [5, 5.41) is 5.91. The largest absolute Gasteiger partial charge is 0.359 e. The number of H-pyrrole nitrogens is 1. The Kier molecular flexibility index (Phi) is 2.64. The van der Waals surface area contributed by atoms with Crippen molar-refractivity contribution in [2.24, 2.45) is 0 Å². The number of fused-ring (bicyclic) bond motifs is 1. The molecule has 0 aliphatic carbocycles. The highest BCUT2D eigenvalue weighted by Gasteiger charge is 2.12. The molecule has 0 saturated heterocycles. The second-order valence-electron chi connectivity index (χ2n) is 4.13. The smallest absolute Gasteiger partial charge is 0.266 e.